The average molecular weight is 704 g/mol. The number of nitrogens with one attached hydrogen (secondary N) is 5. The van der Waals surface area contributed by atoms with E-state index < -0.39 is 23.8 Å². The van der Waals surface area contributed by atoms with Gasteiger partial charge in [-0.1, -0.05) is 72.8 Å². The van der Waals surface area contributed by atoms with Gasteiger partial charge in [0, 0.05) is 48.1 Å². The molecule has 0 spiro atoms. The van der Waals surface area contributed by atoms with E-state index >= 15 is 0 Å². The van der Waals surface area contributed by atoms with Crippen LogP contribution in [0, 0.1) is 5.92 Å². The number of amides is 4. The number of carbonyl (C=O) groups is 4. The summed E-state index contributed by atoms with van der Waals surface area (Å²) < 4.78 is 5.23. The number of methoxy groups -OCH3 is 1. The number of carbonyl (C=O) groups excluding carboxylic acids is 4. The number of para-hydroxylation sites is 1. The summed E-state index contributed by atoms with van der Waals surface area (Å²) in [5, 5.41) is 19.0. The van der Waals surface area contributed by atoms with Crippen LogP contribution in [-0.4, -0.2) is 53.5 Å². The molecule has 0 aliphatic carbocycles. The number of rotatable bonds is 18. The number of hydroxylamine groups is 1. The van der Waals surface area contributed by atoms with Crippen molar-refractivity contribution < 1.29 is 29.1 Å². The molecule has 5 aromatic rings. The Balaban J connectivity index is 1.21. The second-order valence-corrected chi connectivity index (χ2v) is 12.7. The lowest BCUT2D eigenvalue weighted by Gasteiger charge is -2.22. The fourth-order valence-electron chi connectivity index (χ4n) is 6.15. The molecule has 4 amide bonds. The van der Waals surface area contributed by atoms with E-state index in [4.69, 9.17) is 4.74 Å². The third kappa shape index (κ3) is 11.0. The number of benzene rings is 4. The van der Waals surface area contributed by atoms with Gasteiger partial charge in [-0.25, -0.2) is 5.48 Å². The lowest BCUT2D eigenvalue weighted by molar-refractivity contribution is -0.136. The topological polar surface area (TPSA) is 162 Å². The molecule has 0 aliphatic rings. The second-order valence-electron chi connectivity index (χ2n) is 12.7. The molecule has 2 atom stereocenters. The minimum atomic E-state index is -0.921. The Bertz CT molecular complexity index is 1930. The van der Waals surface area contributed by atoms with Gasteiger partial charge in [-0.15, -0.1) is 0 Å². The molecule has 4 aromatic carbocycles. The normalized spacial score (nSPS) is 12.0. The molecule has 0 saturated heterocycles. The smallest absolute Gasteiger partial charge is 0.244 e. The van der Waals surface area contributed by atoms with Crippen LogP contribution in [-0.2, 0) is 44.9 Å². The first-order valence-corrected chi connectivity index (χ1v) is 17.4. The van der Waals surface area contributed by atoms with E-state index in [0.717, 1.165) is 38.9 Å². The predicted octanol–water partition coefficient (Wildman–Crippen LogP) is 5.28. The molecule has 0 bridgehead atoms. The molecular weight excluding hydrogens is 658 g/mol. The Morgan fingerprint density at radius 2 is 1.46 bits per heavy atom. The summed E-state index contributed by atoms with van der Waals surface area (Å²) in [5.41, 5.74) is 7.05. The predicted molar refractivity (Wildman–Crippen MR) is 200 cm³/mol. The number of aromatic nitrogens is 1. The van der Waals surface area contributed by atoms with Crippen molar-refractivity contribution in [1.82, 2.24) is 21.1 Å². The van der Waals surface area contributed by atoms with Crippen LogP contribution in [0.2, 0.25) is 0 Å². The Hall–Kier alpha value is -5.94. The highest BCUT2D eigenvalue weighted by Crippen LogP contribution is 2.21. The van der Waals surface area contributed by atoms with Gasteiger partial charge in [0.15, 0.2) is 0 Å². The summed E-state index contributed by atoms with van der Waals surface area (Å²) in [6.07, 6.45) is 4.30. The van der Waals surface area contributed by atoms with Crippen LogP contribution in [0.5, 0.6) is 5.75 Å². The summed E-state index contributed by atoms with van der Waals surface area (Å²) in [5.74, 6) is -1.60. The molecule has 52 heavy (non-hydrogen) atoms. The van der Waals surface area contributed by atoms with Crippen molar-refractivity contribution in [1.29, 1.82) is 0 Å². The molecule has 1 aromatic heterocycles. The van der Waals surface area contributed by atoms with Crippen LogP contribution < -0.4 is 26.2 Å². The van der Waals surface area contributed by atoms with Gasteiger partial charge in [0.1, 0.15) is 11.8 Å². The molecule has 1 heterocycles. The number of aryl methyl sites for hydroxylation is 1. The zero-order chi connectivity index (χ0) is 36.7. The number of H-pyrrole nitrogens is 1. The van der Waals surface area contributed by atoms with Crippen LogP contribution in [0.1, 0.15) is 41.5 Å². The maximum absolute atomic E-state index is 13.7. The third-order valence-electron chi connectivity index (χ3n) is 8.99. The number of anilines is 1. The highest BCUT2D eigenvalue weighted by Gasteiger charge is 2.28. The maximum atomic E-state index is 13.7. The van der Waals surface area contributed by atoms with Crippen molar-refractivity contribution in [2.75, 3.05) is 19.0 Å². The van der Waals surface area contributed by atoms with E-state index in [0.29, 0.717) is 37.9 Å². The fourth-order valence-corrected chi connectivity index (χ4v) is 6.15. The molecule has 11 nitrogen and oxygen atoms in total. The van der Waals surface area contributed by atoms with Gasteiger partial charge in [0.25, 0.3) is 0 Å². The van der Waals surface area contributed by atoms with Crippen LogP contribution in [0.4, 0.5) is 5.69 Å². The summed E-state index contributed by atoms with van der Waals surface area (Å²) in [6.45, 7) is 0.316. The van der Waals surface area contributed by atoms with Crippen molar-refractivity contribution >= 4 is 40.2 Å². The molecular formula is C41H45N5O6. The van der Waals surface area contributed by atoms with Gasteiger partial charge >= 0.3 is 0 Å². The van der Waals surface area contributed by atoms with Gasteiger partial charge in [-0.05, 0) is 78.3 Å². The maximum Gasteiger partial charge on any atom is 0.244 e. The van der Waals surface area contributed by atoms with Crippen molar-refractivity contribution in [3.8, 4) is 5.75 Å². The summed E-state index contributed by atoms with van der Waals surface area (Å²) in [7, 11) is 1.60. The number of fused-ring (bicyclic) bond motifs is 1. The standard InChI is InChI=1S/C41H45N5O6/c1-52-34-20-16-28(17-21-34)10-7-11-31(26-39(48)46-51)40(49)45-37(25-32-27-43-36-13-6-5-12-35(32)36)41(50)42-23-22-29-14-18-33(19-15-29)44-38(47)24-30-8-3-2-4-9-30/h2-6,8-9,12-21,27,31,37,43,51H,7,10-11,22-26H2,1H3,(H,42,50)(H,44,47)(H,45,49)(H,46,48)/t31-,37+/m0/s1. The van der Waals surface area contributed by atoms with Gasteiger partial charge in [-0.2, -0.15) is 0 Å². The van der Waals surface area contributed by atoms with Crippen molar-refractivity contribution in [2.45, 2.75) is 51.0 Å². The number of aromatic amines is 1. The Morgan fingerprint density at radius 3 is 2.19 bits per heavy atom. The van der Waals surface area contributed by atoms with Gasteiger partial charge in [0.2, 0.25) is 23.6 Å². The lowest BCUT2D eigenvalue weighted by Crippen LogP contribution is -2.50. The Labute approximate surface area is 303 Å². The van der Waals surface area contributed by atoms with E-state index in [1.54, 1.807) is 12.6 Å². The van der Waals surface area contributed by atoms with Crippen molar-refractivity contribution in [3.05, 3.63) is 132 Å². The zero-order valence-electron chi connectivity index (χ0n) is 29.2. The van der Waals surface area contributed by atoms with Gasteiger partial charge in [-0.3, -0.25) is 24.4 Å². The minimum absolute atomic E-state index is 0.106. The summed E-state index contributed by atoms with van der Waals surface area (Å²) >= 11 is 0. The molecule has 0 fully saturated rings. The molecule has 0 unspecified atom stereocenters. The monoisotopic (exact) mass is 703 g/mol. The van der Waals surface area contributed by atoms with Crippen molar-refractivity contribution in [2.24, 2.45) is 5.92 Å². The largest absolute Gasteiger partial charge is 0.497 e. The van der Waals surface area contributed by atoms with Crippen LogP contribution in [0.3, 0.4) is 0 Å². The van der Waals surface area contributed by atoms with Crippen LogP contribution in [0.15, 0.2) is 109 Å². The molecule has 0 radical (unpaired) electrons. The summed E-state index contributed by atoms with van der Waals surface area (Å²) in [6, 6.07) is 31.5. The van der Waals surface area contributed by atoms with Gasteiger partial charge < -0.3 is 25.7 Å². The first-order valence-electron chi connectivity index (χ1n) is 17.4. The van der Waals surface area contributed by atoms with E-state index in [2.05, 4.69) is 20.9 Å². The highest BCUT2D eigenvalue weighted by molar-refractivity contribution is 5.93. The molecule has 0 aliphatic heterocycles. The lowest BCUT2D eigenvalue weighted by atomic mass is 9.94. The van der Waals surface area contributed by atoms with E-state index in [1.165, 1.54) is 0 Å². The Kier molecular flexibility index (Phi) is 13.6. The van der Waals surface area contributed by atoms with Crippen LogP contribution >= 0.6 is 0 Å². The van der Waals surface area contributed by atoms with E-state index in [-0.39, 0.29) is 31.1 Å². The average Bonchev–Trinajstić information content (AvgIpc) is 3.57. The number of ether oxygens (including phenoxy) is 1. The fraction of sp³-hybridized carbons (Fsp3) is 0.268. The van der Waals surface area contributed by atoms with Crippen LogP contribution in [0.25, 0.3) is 10.9 Å². The van der Waals surface area contributed by atoms with E-state index in [9.17, 15) is 24.4 Å². The minimum Gasteiger partial charge on any atom is -0.497 e. The van der Waals surface area contributed by atoms with Crippen molar-refractivity contribution in [3.63, 3.8) is 0 Å². The molecule has 11 heteroatoms. The number of hydrogen-bond donors (Lipinski definition) is 6. The second kappa shape index (κ2) is 18.9. The highest BCUT2D eigenvalue weighted by atomic mass is 16.5. The Morgan fingerprint density at radius 1 is 0.769 bits per heavy atom. The molecule has 0 saturated carbocycles. The quantitative estimate of drug-likeness (QED) is 0.0538. The first kappa shape index (κ1) is 37.3. The SMILES string of the molecule is COc1ccc(CCC[C@@H](CC(=O)NO)C(=O)N[C@H](Cc2c[nH]c3ccccc23)C(=O)NCCc2ccc(NC(=O)Cc3ccccc3)cc2)cc1. The molecule has 5 rings (SSSR count). The molecule has 6 N–H and O–H groups in total. The molecule has 270 valence electrons. The first-order chi connectivity index (χ1) is 25.3. The summed E-state index contributed by atoms with van der Waals surface area (Å²) in [4.78, 5) is 55.3. The zero-order valence-corrected chi connectivity index (χ0v) is 29.2. The van der Waals surface area contributed by atoms with E-state index in [1.807, 2.05) is 109 Å². The number of hydrogen-bond acceptors (Lipinski definition) is 6. The third-order valence-corrected chi connectivity index (χ3v) is 8.99. The van der Waals surface area contributed by atoms with Gasteiger partial charge in [0.05, 0.1) is 13.5 Å².